The van der Waals surface area contributed by atoms with Gasteiger partial charge >= 0.3 is 5.97 Å². The second-order valence-corrected chi connectivity index (χ2v) is 5.92. The van der Waals surface area contributed by atoms with E-state index in [1.807, 2.05) is 38.1 Å². The fourth-order valence-corrected chi connectivity index (χ4v) is 2.58. The van der Waals surface area contributed by atoms with Gasteiger partial charge in [-0.25, -0.2) is 4.79 Å². The van der Waals surface area contributed by atoms with Gasteiger partial charge in [-0.05, 0) is 32.1 Å². The van der Waals surface area contributed by atoms with Gasteiger partial charge in [0.15, 0.2) is 0 Å². The Balaban J connectivity index is 2.37. The first-order chi connectivity index (χ1) is 10.9. The van der Waals surface area contributed by atoms with Gasteiger partial charge in [-0.3, -0.25) is 0 Å². The van der Waals surface area contributed by atoms with Crippen LogP contribution in [0.25, 0.3) is 0 Å². The number of rotatable bonds is 6. The topological polar surface area (TPSA) is 49.8 Å². The molecule has 0 saturated carbocycles. The summed E-state index contributed by atoms with van der Waals surface area (Å²) in [5.74, 6) is -0.663. The average molecular weight is 313 g/mol. The smallest absolute Gasteiger partial charge is 0.348 e. The minimum Gasteiger partial charge on any atom is -0.459 e. The lowest BCUT2D eigenvalue weighted by molar-refractivity contribution is -0.167. The molecule has 2 aromatic rings. The SMILES string of the molecule is C[C@H](CN(C)C)OC(=O)C(O)(c1ccccc1)c1ccccc1. The average Bonchev–Trinajstić information content (AvgIpc) is 2.54. The van der Waals surface area contributed by atoms with Crippen molar-refractivity contribution in [2.75, 3.05) is 20.6 Å². The van der Waals surface area contributed by atoms with Crippen molar-refractivity contribution in [3.63, 3.8) is 0 Å². The molecule has 0 amide bonds. The first kappa shape index (κ1) is 17.2. The number of carbonyl (C=O) groups is 1. The first-order valence-corrected chi connectivity index (χ1v) is 7.64. The highest BCUT2D eigenvalue weighted by Crippen LogP contribution is 2.31. The molecule has 0 radical (unpaired) electrons. The third kappa shape index (κ3) is 3.97. The predicted octanol–water partition coefficient (Wildman–Crippen LogP) is 2.42. The van der Waals surface area contributed by atoms with Gasteiger partial charge in [0.05, 0.1) is 0 Å². The van der Waals surface area contributed by atoms with Crippen molar-refractivity contribution in [3.8, 4) is 0 Å². The highest BCUT2D eigenvalue weighted by molar-refractivity contribution is 5.85. The Hall–Kier alpha value is -2.17. The van der Waals surface area contributed by atoms with Crippen LogP contribution in [-0.2, 0) is 15.1 Å². The highest BCUT2D eigenvalue weighted by atomic mass is 16.6. The lowest BCUT2D eigenvalue weighted by atomic mass is 9.86. The standard InChI is InChI=1S/C19H23NO3/c1-15(14-20(2)3)23-18(21)19(22,16-10-6-4-7-11-16)17-12-8-5-9-13-17/h4-13,15,22H,14H2,1-3H3/t15-/m1/s1. The third-order valence-electron chi connectivity index (χ3n) is 3.61. The van der Waals surface area contributed by atoms with E-state index in [4.69, 9.17) is 4.74 Å². The maximum absolute atomic E-state index is 12.8. The first-order valence-electron chi connectivity index (χ1n) is 7.64. The van der Waals surface area contributed by atoms with Crippen molar-refractivity contribution in [2.45, 2.75) is 18.6 Å². The molecular formula is C19H23NO3. The van der Waals surface area contributed by atoms with Crippen molar-refractivity contribution < 1.29 is 14.6 Å². The van der Waals surface area contributed by atoms with E-state index < -0.39 is 11.6 Å². The van der Waals surface area contributed by atoms with Crippen molar-refractivity contribution in [1.29, 1.82) is 0 Å². The predicted molar refractivity (Wildman–Crippen MR) is 90.0 cm³/mol. The fraction of sp³-hybridized carbons (Fsp3) is 0.316. The molecular weight excluding hydrogens is 290 g/mol. The molecule has 0 saturated heterocycles. The minimum absolute atomic E-state index is 0.323. The Bertz CT molecular complexity index is 586. The second kappa shape index (κ2) is 7.40. The summed E-state index contributed by atoms with van der Waals surface area (Å²) in [6.07, 6.45) is -0.323. The van der Waals surface area contributed by atoms with Crippen LogP contribution in [0.3, 0.4) is 0 Å². The van der Waals surface area contributed by atoms with Gasteiger partial charge in [0.2, 0.25) is 5.60 Å². The van der Waals surface area contributed by atoms with Crippen LogP contribution in [0.15, 0.2) is 60.7 Å². The number of aliphatic hydroxyl groups is 1. The summed E-state index contributed by atoms with van der Waals surface area (Å²) in [5, 5.41) is 11.2. The summed E-state index contributed by atoms with van der Waals surface area (Å²) in [4.78, 5) is 14.7. The summed E-state index contributed by atoms with van der Waals surface area (Å²) in [7, 11) is 3.82. The number of carbonyl (C=O) groups excluding carboxylic acids is 1. The van der Waals surface area contributed by atoms with Crippen molar-refractivity contribution in [3.05, 3.63) is 71.8 Å². The van der Waals surface area contributed by atoms with Crippen LogP contribution >= 0.6 is 0 Å². The summed E-state index contributed by atoms with van der Waals surface area (Å²) in [5.41, 5.74) is -0.829. The molecule has 0 heterocycles. The van der Waals surface area contributed by atoms with E-state index in [0.717, 1.165) is 0 Å². The van der Waals surface area contributed by atoms with Crippen LogP contribution in [0.2, 0.25) is 0 Å². The molecule has 0 fully saturated rings. The number of likely N-dealkylation sites (N-methyl/N-ethyl adjacent to an activating group) is 1. The Kier molecular flexibility index (Phi) is 5.53. The van der Waals surface area contributed by atoms with E-state index in [2.05, 4.69) is 0 Å². The Labute approximate surface area is 137 Å². The number of ether oxygens (including phenoxy) is 1. The monoisotopic (exact) mass is 313 g/mol. The van der Waals surface area contributed by atoms with Crippen LogP contribution in [-0.4, -0.2) is 42.7 Å². The van der Waals surface area contributed by atoms with Crippen LogP contribution in [0.4, 0.5) is 0 Å². The van der Waals surface area contributed by atoms with E-state index in [0.29, 0.717) is 17.7 Å². The molecule has 1 N–H and O–H groups in total. The van der Waals surface area contributed by atoms with Crippen molar-refractivity contribution in [1.82, 2.24) is 4.90 Å². The van der Waals surface area contributed by atoms with Gasteiger partial charge in [0, 0.05) is 6.54 Å². The van der Waals surface area contributed by atoms with Gasteiger partial charge in [-0.15, -0.1) is 0 Å². The van der Waals surface area contributed by atoms with Gasteiger partial charge in [-0.2, -0.15) is 0 Å². The third-order valence-corrected chi connectivity index (χ3v) is 3.61. The normalized spacial score (nSPS) is 12.9. The number of hydrogen-bond acceptors (Lipinski definition) is 4. The molecule has 0 aromatic heterocycles. The van der Waals surface area contributed by atoms with Gasteiger partial charge < -0.3 is 14.7 Å². The lowest BCUT2D eigenvalue weighted by Crippen LogP contribution is -2.41. The van der Waals surface area contributed by atoms with Gasteiger partial charge in [-0.1, -0.05) is 60.7 Å². The summed E-state index contributed by atoms with van der Waals surface area (Å²) < 4.78 is 5.50. The molecule has 23 heavy (non-hydrogen) atoms. The Morgan fingerprint density at radius 2 is 1.48 bits per heavy atom. The zero-order valence-electron chi connectivity index (χ0n) is 13.8. The maximum Gasteiger partial charge on any atom is 0.348 e. The zero-order valence-corrected chi connectivity index (χ0v) is 13.8. The zero-order chi connectivity index (χ0) is 16.9. The summed E-state index contributed by atoms with van der Waals surface area (Å²) in [6.45, 7) is 2.40. The van der Waals surface area contributed by atoms with E-state index in [1.165, 1.54) is 0 Å². The lowest BCUT2D eigenvalue weighted by Gasteiger charge is -2.29. The van der Waals surface area contributed by atoms with E-state index in [9.17, 15) is 9.90 Å². The van der Waals surface area contributed by atoms with Crippen molar-refractivity contribution in [2.24, 2.45) is 0 Å². The fourth-order valence-electron chi connectivity index (χ4n) is 2.58. The van der Waals surface area contributed by atoms with Crippen molar-refractivity contribution >= 4 is 5.97 Å². The second-order valence-electron chi connectivity index (χ2n) is 5.92. The van der Waals surface area contributed by atoms with Crippen LogP contribution < -0.4 is 0 Å². The molecule has 4 heteroatoms. The molecule has 0 bridgehead atoms. The minimum atomic E-state index is -1.82. The molecule has 0 aliphatic carbocycles. The van der Waals surface area contributed by atoms with E-state index >= 15 is 0 Å². The molecule has 0 aliphatic rings. The molecule has 0 aliphatic heterocycles. The van der Waals surface area contributed by atoms with Gasteiger partial charge in [0.1, 0.15) is 6.10 Å². The highest BCUT2D eigenvalue weighted by Gasteiger charge is 2.42. The number of benzene rings is 2. The molecule has 1 atom stereocenters. The maximum atomic E-state index is 12.8. The number of esters is 1. The summed E-state index contributed by atoms with van der Waals surface area (Å²) in [6, 6.07) is 17.8. The summed E-state index contributed by atoms with van der Waals surface area (Å²) >= 11 is 0. The quantitative estimate of drug-likeness (QED) is 0.832. The van der Waals surface area contributed by atoms with Crippen LogP contribution in [0.1, 0.15) is 18.1 Å². The molecule has 2 aromatic carbocycles. The van der Waals surface area contributed by atoms with E-state index in [1.54, 1.807) is 48.5 Å². The van der Waals surface area contributed by atoms with Crippen LogP contribution in [0.5, 0.6) is 0 Å². The molecule has 0 unspecified atom stereocenters. The molecule has 4 nitrogen and oxygen atoms in total. The number of hydrogen-bond donors (Lipinski definition) is 1. The molecule has 2 rings (SSSR count). The number of nitrogens with zero attached hydrogens (tertiary/aromatic N) is 1. The van der Waals surface area contributed by atoms with Crippen LogP contribution in [0, 0.1) is 0 Å². The Morgan fingerprint density at radius 1 is 1.04 bits per heavy atom. The van der Waals surface area contributed by atoms with Gasteiger partial charge in [0.25, 0.3) is 0 Å². The van der Waals surface area contributed by atoms with E-state index in [-0.39, 0.29) is 6.10 Å². The molecule has 0 spiro atoms. The molecule has 122 valence electrons. The Morgan fingerprint density at radius 3 is 1.87 bits per heavy atom. The largest absolute Gasteiger partial charge is 0.459 e.